The van der Waals surface area contributed by atoms with Crippen molar-refractivity contribution in [2.45, 2.75) is 25.4 Å². The fourth-order valence-corrected chi connectivity index (χ4v) is 3.87. The van der Waals surface area contributed by atoms with Crippen molar-refractivity contribution >= 4 is 38.1 Å². The number of anilines is 2. The fourth-order valence-electron chi connectivity index (χ4n) is 2.75. The summed E-state index contributed by atoms with van der Waals surface area (Å²) in [4.78, 5) is 7.85. The number of hydrogen-bond acceptors (Lipinski definition) is 5. The zero-order chi connectivity index (χ0) is 14.7. The zero-order valence-corrected chi connectivity index (χ0v) is 14.2. The van der Waals surface area contributed by atoms with Crippen LogP contribution < -0.4 is 11.1 Å². The minimum absolute atomic E-state index is 0.498. The van der Waals surface area contributed by atoms with E-state index in [1.807, 2.05) is 12.3 Å². The van der Waals surface area contributed by atoms with Crippen LogP contribution in [0.1, 0.15) is 17.7 Å². The van der Waals surface area contributed by atoms with E-state index in [0.29, 0.717) is 11.2 Å². The van der Waals surface area contributed by atoms with Crippen molar-refractivity contribution in [3.63, 3.8) is 0 Å². The van der Waals surface area contributed by atoms with Gasteiger partial charge in [0.2, 0.25) is 0 Å². The summed E-state index contributed by atoms with van der Waals surface area (Å²) in [5.74, 6) is 0. The fraction of sp³-hybridized carbons (Fsp3) is 0.400. The molecule has 2 aromatic rings. The number of piperidine rings is 1. The Kier molecular flexibility index (Phi) is 4.77. The number of nitrogens with zero attached hydrogens (tertiary/aromatic N) is 2. The Hall–Kier alpha value is -1.11. The Morgan fingerprint density at radius 1 is 1.48 bits per heavy atom. The molecule has 1 atom stereocenters. The Morgan fingerprint density at radius 2 is 2.38 bits per heavy atom. The molecule has 4 nitrogen and oxygen atoms in total. The van der Waals surface area contributed by atoms with Crippen LogP contribution in [0, 0.1) is 0 Å². The highest BCUT2D eigenvalue weighted by atomic mass is 79.9. The van der Waals surface area contributed by atoms with E-state index < -0.39 is 0 Å². The van der Waals surface area contributed by atoms with E-state index in [1.54, 1.807) is 11.3 Å². The summed E-state index contributed by atoms with van der Waals surface area (Å²) in [5.41, 5.74) is 6.88. The van der Waals surface area contributed by atoms with Gasteiger partial charge in [-0.05, 0) is 37.6 Å². The SMILES string of the molecule is Nc1ncc(CN2CCCC(Nc3cccc(Br)c3)C2)s1. The van der Waals surface area contributed by atoms with Crippen LogP contribution >= 0.6 is 27.3 Å². The van der Waals surface area contributed by atoms with E-state index in [-0.39, 0.29) is 0 Å². The van der Waals surface area contributed by atoms with Crippen molar-refractivity contribution in [3.8, 4) is 0 Å². The van der Waals surface area contributed by atoms with Crippen LogP contribution in [0.15, 0.2) is 34.9 Å². The van der Waals surface area contributed by atoms with Crippen molar-refractivity contribution in [1.29, 1.82) is 0 Å². The summed E-state index contributed by atoms with van der Waals surface area (Å²) in [6, 6.07) is 8.86. The second-order valence-electron chi connectivity index (χ2n) is 5.39. The second kappa shape index (κ2) is 6.77. The third-order valence-corrected chi connectivity index (χ3v) is 4.96. The highest BCUT2D eigenvalue weighted by Crippen LogP contribution is 2.22. The van der Waals surface area contributed by atoms with Gasteiger partial charge < -0.3 is 11.1 Å². The molecule has 1 saturated heterocycles. The standard InChI is InChI=1S/C15H19BrN4S/c16-11-3-1-4-12(7-11)19-13-5-2-6-20(9-13)10-14-8-18-15(17)21-14/h1,3-4,7-8,13,19H,2,5-6,9-10H2,(H2,17,18). The van der Waals surface area contributed by atoms with Crippen molar-refractivity contribution in [1.82, 2.24) is 9.88 Å². The molecule has 3 N–H and O–H groups in total. The van der Waals surface area contributed by atoms with Gasteiger partial charge in [-0.2, -0.15) is 0 Å². The van der Waals surface area contributed by atoms with E-state index in [1.165, 1.54) is 23.4 Å². The highest BCUT2D eigenvalue weighted by molar-refractivity contribution is 9.10. The van der Waals surface area contributed by atoms with E-state index in [2.05, 4.69) is 49.3 Å². The van der Waals surface area contributed by atoms with Crippen molar-refractivity contribution < 1.29 is 0 Å². The summed E-state index contributed by atoms with van der Waals surface area (Å²) in [5, 5.41) is 4.29. The van der Waals surface area contributed by atoms with Gasteiger partial charge in [0.1, 0.15) is 0 Å². The molecule has 0 amide bonds. The number of nitrogen functional groups attached to an aromatic ring is 1. The molecule has 0 spiro atoms. The van der Waals surface area contributed by atoms with Crippen LogP contribution in [0.2, 0.25) is 0 Å². The molecular weight excluding hydrogens is 348 g/mol. The van der Waals surface area contributed by atoms with Gasteiger partial charge in [0, 0.05) is 40.4 Å². The maximum atomic E-state index is 5.70. The molecule has 0 radical (unpaired) electrons. The lowest BCUT2D eigenvalue weighted by atomic mass is 10.1. The lowest BCUT2D eigenvalue weighted by molar-refractivity contribution is 0.210. The second-order valence-corrected chi connectivity index (χ2v) is 7.46. The third kappa shape index (κ3) is 4.18. The van der Waals surface area contributed by atoms with Crippen LogP contribution in [0.25, 0.3) is 0 Å². The maximum absolute atomic E-state index is 5.70. The lowest BCUT2D eigenvalue weighted by Crippen LogP contribution is -2.41. The van der Waals surface area contributed by atoms with Gasteiger partial charge in [0.05, 0.1) is 0 Å². The summed E-state index contributed by atoms with van der Waals surface area (Å²) in [6.45, 7) is 3.16. The van der Waals surface area contributed by atoms with Gasteiger partial charge >= 0.3 is 0 Å². The molecule has 6 heteroatoms. The summed E-state index contributed by atoms with van der Waals surface area (Å²) >= 11 is 5.10. The molecule has 1 aliphatic heterocycles. The average molecular weight is 367 g/mol. The minimum atomic E-state index is 0.498. The number of hydrogen-bond donors (Lipinski definition) is 2. The number of likely N-dealkylation sites (tertiary alicyclic amines) is 1. The van der Waals surface area contributed by atoms with Crippen LogP contribution in [-0.4, -0.2) is 29.0 Å². The van der Waals surface area contributed by atoms with Crippen LogP contribution in [0.5, 0.6) is 0 Å². The third-order valence-electron chi connectivity index (χ3n) is 3.65. The van der Waals surface area contributed by atoms with Gasteiger partial charge in [-0.3, -0.25) is 4.90 Å². The predicted molar refractivity (Wildman–Crippen MR) is 92.6 cm³/mol. The predicted octanol–water partition coefficient (Wildman–Crippen LogP) is 3.56. The van der Waals surface area contributed by atoms with Crippen LogP contribution in [-0.2, 0) is 6.54 Å². The summed E-state index contributed by atoms with van der Waals surface area (Å²) in [6.07, 6.45) is 4.33. The van der Waals surface area contributed by atoms with Crippen molar-refractivity contribution in [3.05, 3.63) is 39.8 Å². The number of benzene rings is 1. The molecule has 0 aliphatic carbocycles. The maximum Gasteiger partial charge on any atom is 0.180 e. The highest BCUT2D eigenvalue weighted by Gasteiger charge is 2.20. The summed E-state index contributed by atoms with van der Waals surface area (Å²) in [7, 11) is 0. The molecule has 1 unspecified atom stereocenters. The van der Waals surface area contributed by atoms with Gasteiger partial charge in [0.25, 0.3) is 0 Å². The van der Waals surface area contributed by atoms with Gasteiger partial charge in [-0.1, -0.05) is 22.0 Å². The molecule has 21 heavy (non-hydrogen) atoms. The monoisotopic (exact) mass is 366 g/mol. The Bertz CT molecular complexity index is 601. The lowest BCUT2D eigenvalue weighted by Gasteiger charge is -2.33. The quantitative estimate of drug-likeness (QED) is 0.868. The topological polar surface area (TPSA) is 54.2 Å². The first-order valence-electron chi connectivity index (χ1n) is 7.14. The van der Waals surface area contributed by atoms with Gasteiger partial charge in [-0.25, -0.2) is 4.98 Å². The van der Waals surface area contributed by atoms with Crippen LogP contribution in [0.3, 0.4) is 0 Å². The Morgan fingerprint density at radius 3 is 3.14 bits per heavy atom. The average Bonchev–Trinajstić information content (AvgIpc) is 2.84. The number of halogens is 1. The number of thiazole rings is 1. The molecular formula is C15H19BrN4S. The summed E-state index contributed by atoms with van der Waals surface area (Å²) < 4.78 is 1.11. The molecule has 0 saturated carbocycles. The number of nitrogens with two attached hydrogens (primary N) is 1. The van der Waals surface area contributed by atoms with Crippen molar-refractivity contribution in [2.75, 3.05) is 24.1 Å². The first-order valence-corrected chi connectivity index (χ1v) is 8.74. The van der Waals surface area contributed by atoms with E-state index in [9.17, 15) is 0 Å². The largest absolute Gasteiger partial charge is 0.381 e. The van der Waals surface area contributed by atoms with Gasteiger partial charge in [0.15, 0.2) is 5.13 Å². The van der Waals surface area contributed by atoms with E-state index >= 15 is 0 Å². The van der Waals surface area contributed by atoms with Crippen molar-refractivity contribution in [2.24, 2.45) is 0 Å². The number of aromatic nitrogens is 1. The molecule has 3 rings (SSSR count). The van der Waals surface area contributed by atoms with E-state index in [4.69, 9.17) is 5.73 Å². The Labute approximate surface area is 137 Å². The normalized spacial score (nSPS) is 19.6. The molecule has 112 valence electrons. The number of nitrogens with one attached hydrogen (secondary N) is 1. The first-order chi connectivity index (χ1) is 10.2. The molecule has 1 aromatic carbocycles. The smallest absolute Gasteiger partial charge is 0.180 e. The molecule has 2 heterocycles. The molecule has 1 aliphatic rings. The van der Waals surface area contributed by atoms with E-state index in [0.717, 1.165) is 24.1 Å². The molecule has 1 aromatic heterocycles. The molecule has 1 fully saturated rings. The molecule has 0 bridgehead atoms. The van der Waals surface area contributed by atoms with Crippen LogP contribution in [0.4, 0.5) is 10.8 Å². The Balaban J connectivity index is 1.58. The minimum Gasteiger partial charge on any atom is -0.381 e. The number of rotatable bonds is 4. The zero-order valence-electron chi connectivity index (χ0n) is 11.8. The first kappa shape index (κ1) is 14.8. The van der Waals surface area contributed by atoms with Gasteiger partial charge in [-0.15, -0.1) is 11.3 Å².